The summed E-state index contributed by atoms with van der Waals surface area (Å²) in [6, 6.07) is 7.35. The van der Waals surface area contributed by atoms with Gasteiger partial charge in [0.15, 0.2) is 0 Å². The number of thiazole rings is 1. The Morgan fingerprint density at radius 2 is 2.30 bits per heavy atom. The number of hydrogen-bond donors (Lipinski definition) is 1. The van der Waals surface area contributed by atoms with Gasteiger partial charge in [0.05, 0.1) is 10.7 Å². The fraction of sp³-hybridized carbons (Fsp3) is 0.235. The maximum Gasteiger partial charge on any atom is 0.248 e. The first-order chi connectivity index (χ1) is 11.1. The van der Waals surface area contributed by atoms with Crippen molar-refractivity contribution in [3.8, 4) is 0 Å². The summed E-state index contributed by atoms with van der Waals surface area (Å²) in [4.78, 5) is 29.8. The number of anilines is 2. The summed E-state index contributed by atoms with van der Waals surface area (Å²) < 4.78 is 0. The maximum absolute atomic E-state index is 12.0. The molecule has 1 aliphatic rings. The Labute approximate surface area is 138 Å². The number of amides is 2. The lowest BCUT2D eigenvalue weighted by atomic mass is 10.2. The average Bonchev–Trinajstić information content (AvgIpc) is 3.14. The number of nitrogens with one attached hydrogen (secondary N) is 1. The van der Waals surface area contributed by atoms with Crippen molar-refractivity contribution in [2.24, 2.45) is 0 Å². The van der Waals surface area contributed by atoms with Crippen LogP contribution in [-0.2, 0) is 9.59 Å². The zero-order valence-corrected chi connectivity index (χ0v) is 13.6. The molecule has 0 atom stereocenters. The Hall–Kier alpha value is -2.47. The highest BCUT2D eigenvalue weighted by atomic mass is 32.1. The van der Waals surface area contributed by atoms with Crippen LogP contribution in [0.1, 0.15) is 23.5 Å². The van der Waals surface area contributed by atoms with Crippen LogP contribution in [0.3, 0.4) is 0 Å². The third-order valence-corrected chi connectivity index (χ3v) is 4.33. The lowest BCUT2D eigenvalue weighted by Gasteiger charge is -2.16. The van der Waals surface area contributed by atoms with Crippen LogP contribution in [-0.4, -0.2) is 23.3 Å². The Kier molecular flexibility index (Phi) is 4.52. The van der Waals surface area contributed by atoms with Crippen LogP contribution in [0.15, 0.2) is 35.7 Å². The molecule has 5 nitrogen and oxygen atoms in total. The van der Waals surface area contributed by atoms with E-state index < -0.39 is 0 Å². The summed E-state index contributed by atoms with van der Waals surface area (Å²) in [7, 11) is 0. The molecule has 1 aromatic carbocycles. The van der Waals surface area contributed by atoms with Gasteiger partial charge in [0.25, 0.3) is 0 Å². The van der Waals surface area contributed by atoms with Gasteiger partial charge in [-0.15, -0.1) is 11.3 Å². The zero-order valence-electron chi connectivity index (χ0n) is 12.8. The zero-order chi connectivity index (χ0) is 16.2. The number of carbonyl (C=O) groups excluding carboxylic acids is 2. The minimum absolute atomic E-state index is 0.132. The highest BCUT2D eigenvalue weighted by molar-refractivity contribution is 7.09. The molecule has 3 rings (SSSR count). The van der Waals surface area contributed by atoms with Gasteiger partial charge in [-0.05, 0) is 37.6 Å². The summed E-state index contributed by atoms with van der Waals surface area (Å²) in [6.07, 6.45) is 4.62. The maximum atomic E-state index is 12.0. The number of benzene rings is 1. The molecule has 0 unspecified atom stereocenters. The number of aromatic nitrogens is 1. The van der Waals surface area contributed by atoms with Gasteiger partial charge >= 0.3 is 0 Å². The minimum Gasteiger partial charge on any atom is -0.322 e. The van der Waals surface area contributed by atoms with E-state index in [0.717, 1.165) is 29.4 Å². The Bertz CT molecular complexity index is 767. The molecule has 0 radical (unpaired) electrons. The Morgan fingerprint density at radius 3 is 3.00 bits per heavy atom. The minimum atomic E-state index is -0.222. The summed E-state index contributed by atoms with van der Waals surface area (Å²) in [6.45, 7) is 2.66. The molecule has 1 fully saturated rings. The van der Waals surface area contributed by atoms with Crippen molar-refractivity contribution in [3.63, 3.8) is 0 Å². The molecular weight excluding hydrogens is 310 g/mol. The normalized spacial score (nSPS) is 14.7. The first-order valence-electron chi connectivity index (χ1n) is 7.43. The summed E-state index contributed by atoms with van der Waals surface area (Å²) in [5, 5.41) is 5.68. The van der Waals surface area contributed by atoms with E-state index in [4.69, 9.17) is 0 Å². The monoisotopic (exact) mass is 327 g/mol. The van der Waals surface area contributed by atoms with E-state index in [1.165, 1.54) is 6.08 Å². The van der Waals surface area contributed by atoms with Gasteiger partial charge in [-0.25, -0.2) is 4.98 Å². The quantitative estimate of drug-likeness (QED) is 0.877. The first kappa shape index (κ1) is 15.4. The van der Waals surface area contributed by atoms with Gasteiger partial charge < -0.3 is 10.2 Å². The lowest BCUT2D eigenvalue weighted by molar-refractivity contribution is -0.117. The molecule has 0 aliphatic carbocycles. The summed E-state index contributed by atoms with van der Waals surface area (Å²) in [5.74, 6) is -0.0900. The average molecular weight is 327 g/mol. The van der Waals surface area contributed by atoms with Crippen LogP contribution < -0.4 is 10.2 Å². The molecular formula is C17H17N3O2S. The third-order valence-electron chi connectivity index (χ3n) is 3.54. The van der Waals surface area contributed by atoms with Gasteiger partial charge in [0.1, 0.15) is 0 Å². The van der Waals surface area contributed by atoms with E-state index in [-0.39, 0.29) is 11.8 Å². The van der Waals surface area contributed by atoms with Crippen molar-refractivity contribution in [3.05, 3.63) is 46.4 Å². The second-order valence-corrected chi connectivity index (χ2v) is 6.38. The van der Waals surface area contributed by atoms with Gasteiger partial charge in [-0.1, -0.05) is 6.07 Å². The number of hydrogen-bond acceptors (Lipinski definition) is 4. The van der Waals surface area contributed by atoms with E-state index in [1.54, 1.807) is 22.3 Å². The molecule has 1 saturated heterocycles. The highest BCUT2D eigenvalue weighted by Crippen LogP contribution is 2.24. The van der Waals surface area contributed by atoms with Gasteiger partial charge in [-0.2, -0.15) is 0 Å². The molecule has 1 aromatic heterocycles. The largest absolute Gasteiger partial charge is 0.322 e. The van der Waals surface area contributed by atoms with Crippen LogP contribution in [0.2, 0.25) is 0 Å². The van der Waals surface area contributed by atoms with E-state index in [2.05, 4.69) is 10.3 Å². The second kappa shape index (κ2) is 6.75. The van der Waals surface area contributed by atoms with Crippen LogP contribution in [0, 0.1) is 6.92 Å². The fourth-order valence-electron chi connectivity index (χ4n) is 2.47. The van der Waals surface area contributed by atoms with E-state index in [1.807, 2.05) is 36.6 Å². The molecule has 2 amide bonds. The van der Waals surface area contributed by atoms with Crippen molar-refractivity contribution in [2.45, 2.75) is 19.8 Å². The van der Waals surface area contributed by atoms with E-state index >= 15 is 0 Å². The molecule has 0 bridgehead atoms. The van der Waals surface area contributed by atoms with Crippen molar-refractivity contribution in [1.29, 1.82) is 0 Å². The van der Waals surface area contributed by atoms with Crippen molar-refractivity contribution in [1.82, 2.24) is 4.98 Å². The Morgan fingerprint density at radius 1 is 1.43 bits per heavy atom. The number of nitrogens with zero attached hydrogens (tertiary/aromatic N) is 2. The first-order valence-corrected chi connectivity index (χ1v) is 8.31. The predicted molar refractivity (Wildman–Crippen MR) is 92.5 cm³/mol. The third kappa shape index (κ3) is 3.84. The molecule has 6 heteroatoms. The molecule has 23 heavy (non-hydrogen) atoms. The van der Waals surface area contributed by atoms with Crippen LogP contribution in [0.4, 0.5) is 11.4 Å². The molecule has 0 spiro atoms. The van der Waals surface area contributed by atoms with Crippen molar-refractivity contribution in [2.75, 3.05) is 16.8 Å². The van der Waals surface area contributed by atoms with Gasteiger partial charge in [0.2, 0.25) is 11.8 Å². The molecule has 0 saturated carbocycles. The lowest BCUT2D eigenvalue weighted by Crippen LogP contribution is -2.23. The predicted octanol–water partition coefficient (Wildman–Crippen LogP) is 3.23. The molecule has 2 heterocycles. The van der Waals surface area contributed by atoms with Gasteiger partial charge in [-0.3, -0.25) is 9.59 Å². The number of aryl methyl sites for hydroxylation is 1. The fourth-order valence-corrected chi connectivity index (χ4v) is 3.06. The Balaban J connectivity index is 1.66. The number of carbonyl (C=O) groups is 2. The van der Waals surface area contributed by atoms with E-state index in [0.29, 0.717) is 12.1 Å². The molecule has 118 valence electrons. The molecule has 2 aromatic rings. The second-order valence-electron chi connectivity index (χ2n) is 5.31. The van der Waals surface area contributed by atoms with Crippen molar-refractivity contribution >= 4 is 40.6 Å². The molecule has 1 N–H and O–H groups in total. The van der Waals surface area contributed by atoms with Crippen LogP contribution in [0.25, 0.3) is 6.08 Å². The van der Waals surface area contributed by atoms with Crippen LogP contribution >= 0.6 is 11.3 Å². The SMILES string of the molecule is Cc1nc(/C=C/C(=O)Nc2cccc(N3CCCC3=O)c2)cs1. The molecule has 1 aliphatic heterocycles. The standard InChI is InChI=1S/C17H17N3O2S/c1-12-18-14(11-23-12)7-8-16(21)19-13-4-2-5-15(10-13)20-9-3-6-17(20)22/h2,4-5,7-8,10-11H,3,6,9H2,1H3,(H,19,21)/b8-7+. The van der Waals surface area contributed by atoms with Gasteiger partial charge in [0, 0.05) is 35.8 Å². The van der Waals surface area contributed by atoms with Crippen LogP contribution in [0.5, 0.6) is 0 Å². The number of rotatable bonds is 4. The summed E-state index contributed by atoms with van der Waals surface area (Å²) in [5.41, 5.74) is 2.27. The smallest absolute Gasteiger partial charge is 0.248 e. The highest BCUT2D eigenvalue weighted by Gasteiger charge is 2.21. The van der Waals surface area contributed by atoms with Crippen molar-refractivity contribution < 1.29 is 9.59 Å². The topological polar surface area (TPSA) is 62.3 Å². The van der Waals surface area contributed by atoms with E-state index in [9.17, 15) is 9.59 Å². The summed E-state index contributed by atoms with van der Waals surface area (Å²) >= 11 is 1.54.